The molecule has 2 aromatic rings. The van der Waals surface area contributed by atoms with E-state index in [1.54, 1.807) is 0 Å². The number of hydrogen-bond acceptors (Lipinski definition) is 4. The Labute approximate surface area is 162 Å². The van der Waals surface area contributed by atoms with E-state index in [1.165, 1.54) is 0 Å². The molecule has 1 N–H and O–H groups in total. The van der Waals surface area contributed by atoms with Crippen LogP contribution in [0.25, 0.3) is 11.0 Å². The second-order valence-corrected chi connectivity index (χ2v) is 7.48. The highest BCUT2D eigenvalue weighted by molar-refractivity contribution is 6.06. The van der Waals surface area contributed by atoms with Crippen molar-refractivity contribution in [1.82, 2.24) is 19.8 Å². The third-order valence-corrected chi connectivity index (χ3v) is 5.66. The minimum absolute atomic E-state index is 0.0709. The van der Waals surface area contributed by atoms with Crippen molar-refractivity contribution in [3.8, 4) is 0 Å². The van der Waals surface area contributed by atoms with Crippen LogP contribution in [0, 0.1) is 5.82 Å². The lowest BCUT2D eigenvalue weighted by molar-refractivity contribution is -0.187. The fourth-order valence-corrected chi connectivity index (χ4v) is 4.07. The van der Waals surface area contributed by atoms with Crippen molar-refractivity contribution in [2.24, 2.45) is 0 Å². The molecule has 2 aromatic heterocycles. The summed E-state index contributed by atoms with van der Waals surface area (Å²) in [7, 11) is 1.98. The lowest BCUT2D eigenvalue weighted by Crippen LogP contribution is -2.59. The van der Waals surface area contributed by atoms with E-state index in [4.69, 9.17) is 4.74 Å². The quantitative estimate of drug-likeness (QED) is 0.776. The van der Waals surface area contributed by atoms with Crippen molar-refractivity contribution in [2.45, 2.75) is 43.4 Å². The number of ether oxygens (including phenoxy) is 1. The largest absolute Gasteiger partial charge is 0.390 e. The van der Waals surface area contributed by atoms with Crippen molar-refractivity contribution >= 4 is 16.9 Å². The van der Waals surface area contributed by atoms with Gasteiger partial charge in [-0.05, 0) is 26.0 Å². The molecule has 2 saturated heterocycles. The molecule has 11 heteroatoms. The normalized spacial score (nSPS) is 25.6. The summed E-state index contributed by atoms with van der Waals surface area (Å²) < 4.78 is 72.8. The Balaban J connectivity index is 1.65. The zero-order valence-corrected chi connectivity index (χ0v) is 15.4. The molecule has 4 rings (SSSR count). The molecule has 29 heavy (non-hydrogen) atoms. The van der Waals surface area contributed by atoms with Crippen LogP contribution in [0.4, 0.5) is 22.0 Å². The van der Waals surface area contributed by atoms with Crippen LogP contribution >= 0.6 is 0 Å². The molecule has 2 fully saturated rings. The first-order valence-corrected chi connectivity index (χ1v) is 9.12. The molecule has 2 atom stereocenters. The van der Waals surface area contributed by atoms with Crippen molar-refractivity contribution in [1.29, 1.82) is 0 Å². The number of nitrogens with zero attached hydrogens (tertiary/aromatic N) is 3. The number of carbonyl (C=O) groups is 1. The standard InChI is InChI=1S/C18H19F5N4O2/c1-26-11-3-10(4-12(26)8-29-7-11)25-16(28)14-6-27(18(22,23)17(20)21)15-13(14)2-9(19)5-24-15/h2,5-6,10-12,17H,3-4,7-8H2,1H3,(H,25,28). The van der Waals surface area contributed by atoms with E-state index in [9.17, 15) is 26.7 Å². The van der Waals surface area contributed by atoms with Crippen molar-refractivity contribution in [2.75, 3.05) is 20.3 Å². The number of morpholine rings is 1. The third kappa shape index (κ3) is 3.46. The zero-order chi connectivity index (χ0) is 20.9. The van der Waals surface area contributed by atoms with Gasteiger partial charge in [-0.25, -0.2) is 18.2 Å². The van der Waals surface area contributed by atoms with E-state index < -0.39 is 29.8 Å². The highest BCUT2D eigenvalue weighted by Crippen LogP contribution is 2.34. The third-order valence-electron chi connectivity index (χ3n) is 5.66. The van der Waals surface area contributed by atoms with Gasteiger partial charge < -0.3 is 10.1 Å². The van der Waals surface area contributed by atoms with Gasteiger partial charge >= 0.3 is 12.5 Å². The average molecular weight is 418 g/mol. The zero-order valence-electron chi connectivity index (χ0n) is 15.4. The second kappa shape index (κ2) is 7.21. The van der Waals surface area contributed by atoms with Crippen LogP contribution in [0.15, 0.2) is 18.5 Å². The average Bonchev–Trinajstić information content (AvgIpc) is 3.02. The predicted octanol–water partition coefficient (Wildman–Crippen LogP) is 2.58. The number of piperidine rings is 1. The molecule has 2 bridgehead atoms. The van der Waals surface area contributed by atoms with Crippen LogP contribution in [0.3, 0.4) is 0 Å². The van der Waals surface area contributed by atoms with Crippen molar-refractivity contribution < 1.29 is 31.5 Å². The SMILES string of the molecule is CN1C2COCC1CC(NC(=O)c1cn(C(F)(F)C(F)F)c3ncc(F)cc13)C2. The molecule has 0 saturated carbocycles. The summed E-state index contributed by atoms with van der Waals surface area (Å²) >= 11 is 0. The van der Waals surface area contributed by atoms with Gasteiger partial charge in [0, 0.05) is 29.7 Å². The van der Waals surface area contributed by atoms with E-state index in [1.807, 2.05) is 7.05 Å². The lowest BCUT2D eigenvalue weighted by atomic mass is 9.90. The predicted molar refractivity (Wildman–Crippen MR) is 92.5 cm³/mol. The van der Waals surface area contributed by atoms with Crippen LogP contribution < -0.4 is 5.32 Å². The molecule has 4 heterocycles. The monoisotopic (exact) mass is 418 g/mol. The number of fused-ring (bicyclic) bond motifs is 3. The molecule has 0 aromatic carbocycles. The number of hydrogen-bond donors (Lipinski definition) is 1. The second-order valence-electron chi connectivity index (χ2n) is 7.48. The van der Waals surface area contributed by atoms with Gasteiger partial charge in [0.1, 0.15) is 11.5 Å². The molecule has 2 aliphatic rings. The molecule has 0 radical (unpaired) electrons. The van der Waals surface area contributed by atoms with Gasteiger partial charge in [-0.15, -0.1) is 0 Å². The van der Waals surface area contributed by atoms with Gasteiger partial charge in [-0.2, -0.15) is 8.78 Å². The Hall–Kier alpha value is -2.27. The van der Waals surface area contributed by atoms with E-state index >= 15 is 0 Å². The van der Waals surface area contributed by atoms with Gasteiger partial charge in [-0.3, -0.25) is 14.3 Å². The van der Waals surface area contributed by atoms with E-state index in [0.717, 1.165) is 6.07 Å². The van der Waals surface area contributed by atoms with Gasteiger partial charge in [0.25, 0.3) is 5.91 Å². The molecule has 6 nitrogen and oxygen atoms in total. The summed E-state index contributed by atoms with van der Waals surface area (Å²) in [6.45, 7) is 1.04. The smallest absolute Gasteiger partial charge is 0.378 e. The first-order valence-electron chi connectivity index (χ1n) is 9.12. The maximum Gasteiger partial charge on any atom is 0.390 e. The van der Waals surface area contributed by atoms with E-state index in [2.05, 4.69) is 15.2 Å². The number of likely N-dealkylation sites (N-methyl/N-ethyl adjacent to an activating group) is 1. The fraction of sp³-hybridized carbons (Fsp3) is 0.556. The molecular weight excluding hydrogens is 399 g/mol. The van der Waals surface area contributed by atoms with Crippen LogP contribution in [-0.4, -0.2) is 65.2 Å². The highest BCUT2D eigenvalue weighted by atomic mass is 19.3. The molecule has 0 spiro atoms. The van der Waals surface area contributed by atoms with Gasteiger partial charge in [0.2, 0.25) is 0 Å². The number of pyridine rings is 1. The fourth-order valence-electron chi connectivity index (χ4n) is 4.07. The van der Waals surface area contributed by atoms with Crippen LogP contribution in [-0.2, 0) is 10.8 Å². The number of nitrogens with one attached hydrogen (secondary N) is 1. The summed E-state index contributed by atoms with van der Waals surface area (Å²) in [5.41, 5.74) is -0.914. The topological polar surface area (TPSA) is 59.4 Å². The van der Waals surface area contributed by atoms with E-state index in [0.29, 0.717) is 38.4 Å². The Morgan fingerprint density at radius 3 is 2.59 bits per heavy atom. The lowest BCUT2D eigenvalue weighted by Gasteiger charge is -2.46. The molecule has 2 unspecified atom stereocenters. The number of halogens is 5. The van der Waals surface area contributed by atoms with E-state index in [-0.39, 0.29) is 33.6 Å². The number of carbonyl (C=O) groups excluding carboxylic acids is 1. The molecule has 1 amide bonds. The number of rotatable bonds is 4. The Morgan fingerprint density at radius 2 is 1.97 bits per heavy atom. The number of alkyl halides is 4. The minimum atomic E-state index is -4.59. The molecular formula is C18H19F5N4O2. The highest BCUT2D eigenvalue weighted by Gasteiger charge is 2.45. The Kier molecular flexibility index (Phi) is 4.97. The first-order chi connectivity index (χ1) is 13.7. The summed E-state index contributed by atoms with van der Waals surface area (Å²) in [6.07, 6.45) is -1.58. The molecule has 2 aliphatic heterocycles. The first kappa shape index (κ1) is 20.0. The summed E-state index contributed by atoms with van der Waals surface area (Å²) in [6, 6.07) is -3.78. The van der Waals surface area contributed by atoms with Crippen molar-refractivity contribution in [3.05, 3.63) is 29.8 Å². The number of aromatic nitrogens is 2. The van der Waals surface area contributed by atoms with Crippen molar-refractivity contribution in [3.63, 3.8) is 0 Å². The van der Waals surface area contributed by atoms with Crippen LogP contribution in [0.1, 0.15) is 23.2 Å². The molecule has 158 valence electrons. The number of amides is 1. The maximum absolute atomic E-state index is 14.0. The van der Waals surface area contributed by atoms with Gasteiger partial charge in [-0.1, -0.05) is 0 Å². The van der Waals surface area contributed by atoms with Crippen LogP contribution in [0.2, 0.25) is 0 Å². The Morgan fingerprint density at radius 1 is 1.31 bits per heavy atom. The minimum Gasteiger partial charge on any atom is -0.378 e. The maximum atomic E-state index is 14.0. The molecule has 0 aliphatic carbocycles. The summed E-state index contributed by atoms with van der Waals surface area (Å²) in [5.74, 6) is -1.60. The van der Waals surface area contributed by atoms with Gasteiger partial charge in [0.05, 0.1) is 25.0 Å². The summed E-state index contributed by atoms with van der Waals surface area (Å²) in [5, 5.41) is 2.52. The van der Waals surface area contributed by atoms with Gasteiger partial charge in [0.15, 0.2) is 0 Å². The summed E-state index contributed by atoms with van der Waals surface area (Å²) in [4.78, 5) is 18.5. The van der Waals surface area contributed by atoms with Crippen LogP contribution in [0.5, 0.6) is 0 Å². The Bertz CT molecular complexity index is 920.